The van der Waals surface area contributed by atoms with E-state index in [0.717, 1.165) is 21.4 Å². The average Bonchev–Trinajstić information content (AvgIpc) is 2.95. The van der Waals surface area contributed by atoms with Crippen LogP contribution in [0.4, 0.5) is 10.5 Å². The van der Waals surface area contributed by atoms with Crippen molar-refractivity contribution in [2.75, 3.05) is 4.90 Å². The fourth-order valence-corrected chi connectivity index (χ4v) is 3.08. The third-order valence-corrected chi connectivity index (χ3v) is 4.29. The summed E-state index contributed by atoms with van der Waals surface area (Å²) in [5.41, 5.74) is 2.19. The van der Waals surface area contributed by atoms with Crippen LogP contribution in [0.1, 0.15) is 12.0 Å². The first-order chi connectivity index (χ1) is 12.0. The molecule has 1 N–H and O–H groups in total. The Morgan fingerprint density at radius 3 is 2.72 bits per heavy atom. The average molecular weight is 337 g/mol. The maximum atomic E-state index is 11.8. The Labute approximate surface area is 143 Å². The van der Waals surface area contributed by atoms with Crippen molar-refractivity contribution < 1.29 is 19.4 Å². The predicted molar refractivity (Wildman–Crippen MR) is 91.1 cm³/mol. The lowest BCUT2D eigenvalue weighted by Gasteiger charge is -2.25. The Kier molecular flexibility index (Phi) is 3.42. The van der Waals surface area contributed by atoms with Crippen molar-refractivity contribution in [2.45, 2.75) is 12.8 Å². The zero-order valence-electron chi connectivity index (χ0n) is 13.5. The highest BCUT2D eigenvalue weighted by Gasteiger charge is 2.29. The van der Waals surface area contributed by atoms with E-state index in [4.69, 9.17) is 4.74 Å². The third-order valence-electron chi connectivity index (χ3n) is 4.29. The molecule has 1 aromatic heterocycles. The van der Waals surface area contributed by atoms with Crippen molar-refractivity contribution in [3.63, 3.8) is 0 Å². The van der Waals surface area contributed by atoms with Crippen LogP contribution >= 0.6 is 0 Å². The summed E-state index contributed by atoms with van der Waals surface area (Å²) in [4.78, 5) is 23.9. The minimum absolute atomic E-state index is 0.171. The molecular formula is C18H15N3O4. The van der Waals surface area contributed by atoms with Gasteiger partial charge in [0.2, 0.25) is 5.91 Å². The summed E-state index contributed by atoms with van der Waals surface area (Å²) in [6, 6.07) is 10.7. The molecule has 25 heavy (non-hydrogen) atoms. The van der Waals surface area contributed by atoms with Gasteiger partial charge in [-0.1, -0.05) is 0 Å². The van der Waals surface area contributed by atoms with Gasteiger partial charge in [0.25, 0.3) is 0 Å². The summed E-state index contributed by atoms with van der Waals surface area (Å²) < 4.78 is 7.68. The minimum Gasteiger partial charge on any atom is -0.464 e. The number of hydrogen-bond acceptors (Lipinski definition) is 4. The summed E-state index contributed by atoms with van der Waals surface area (Å²) in [5, 5.41) is 14.4. The highest BCUT2D eigenvalue weighted by atomic mass is 16.5. The maximum absolute atomic E-state index is 11.8. The number of fused-ring (bicyclic) bond motifs is 2. The van der Waals surface area contributed by atoms with Crippen LogP contribution < -0.4 is 9.64 Å². The first-order valence-corrected chi connectivity index (χ1v) is 7.81. The van der Waals surface area contributed by atoms with Crippen molar-refractivity contribution in [1.82, 2.24) is 9.78 Å². The van der Waals surface area contributed by atoms with E-state index in [0.29, 0.717) is 23.6 Å². The number of aromatic nitrogens is 2. The van der Waals surface area contributed by atoms with Crippen molar-refractivity contribution in [3.8, 4) is 11.5 Å². The molecule has 7 nitrogen and oxygen atoms in total. The number of imide groups is 1. The second-order valence-electron chi connectivity index (χ2n) is 5.89. The zero-order chi connectivity index (χ0) is 17.6. The van der Waals surface area contributed by atoms with Gasteiger partial charge in [-0.05, 0) is 48.4 Å². The molecule has 0 saturated heterocycles. The van der Waals surface area contributed by atoms with E-state index in [1.165, 1.54) is 0 Å². The van der Waals surface area contributed by atoms with E-state index in [1.807, 2.05) is 25.2 Å². The van der Waals surface area contributed by atoms with Crippen LogP contribution in [0.5, 0.6) is 11.5 Å². The smallest absolute Gasteiger partial charge is 0.418 e. The first-order valence-electron chi connectivity index (χ1n) is 7.81. The zero-order valence-corrected chi connectivity index (χ0v) is 13.5. The molecule has 2 aromatic carbocycles. The largest absolute Gasteiger partial charge is 0.464 e. The SMILES string of the molecule is Cn1ncc2cc(Oc3ccc4c(c3)CCC(=O)N4C(=O)O)ccc21. The summed E-state index contributed by atoms with van der Waals surface area (Å²) in [5.74, 6) is 0.861. The van der Waals surface area contributed by atoms with Gasteiger partial charge in [-0.2, -0.15) is 5.10 Å². The van der Waals surface area contributed by atoms with Gasteiger partial charge in [0.1, 0.15) is 11.5 Å². The highest BCUT2D eigenvalue weighted by Crippen LogP contribution is 2.33. The molecule has 1 aliphatic heterocycles. The van der Waals surface area contributed by atoms with Crippen molar-refractivity contribution >= 4 is 28.6 Å². The van der Waals surface area contributed by atoms with E-state index in [9.17, 15) is 14.7 Å². The molecule has 126 valence electrons. The number of carbonyl (C=O) groups excluding carboxylic acids is 1. The Morgan fingerprint density at radius 1 is 1.16 bits per heavy atom. The number of aryl methyl sites for hydroxylation is 2. The van der Waals surface area contributed by atoms with Crippen molar-refractivity contribution in [3.05, 3.63) is 48.2 Å². The van der Waals surface area contributed by atoms with E-state index in [-0.39, 0.29) is 6.42 Å². The Balaban J connectivity index is 1.65. The molecule has 2 amide bonds. The van der Waals surface area contributed by atoms with Gasteiger partial charge in [-0.3, -0.25) is 9.48 Å². The topological polar surface area (TPSA) is 84.7 Å². The molecule has 4 rings (SSSR count). The number of rotatable bonds is 2. The number of carbonyl (C=O) groups is 2. The molecule has 0 radical (unpaired) electrons. The van der Waals surface area contributed by atoms with Gasteiger partial charge in [-0.25, -0.2) is 9.69 Å². The van der Waals surface area contributed by atoms with Crippen LogP contribution in [0.25, 0.3) is 10.9 Å². The maximum Gasteiger partial charge on any atom is 0.418 e. The van der Waals surface area contributed by atoms with E-state index >= 15 is 0 Å². The molecule has 7 heteroatoms. The van der Waals surface area contributed by atoms with Crippen molar-refractivity contribution in [1.29, 1.82) is 0 Å². The lowest BCUT2D eigenvalue weighted by atomic mass is 10.0. The van der Waals surface area contributed by atoms with Gasteiger partial charge in [0.15, 0.2) is 0 Å². The fraction of sp³-hybridized carbons (Fsp3) is 0.167. The normalized spacial score (nSPS) is 13.8. The van der Waals surface area contributed by atoms with E-state index < -0.39 is 12.0 Å². The van der Waals surface area contributed by atoms with Gasteiger partial charge < -0.3 is 9.84 Å². The molecule has 0 spiro atoms. The standard InChI is InChI=1S/C18H15N3O4/c1-20-15-5-3-14(9-12(15)10-19-20)25-13-4-6-16-11(8-13)2-7-17(22)21(16)18(23)24/h3-6,8-10H,2,7H2,1H3,(H,23,24). The molecule has 2 heterocycles. The summed E-state index contributed by atoms with van der Waals surface area (Å²) in [7, 11) is 1.88. The number of ether oxygens (including phenoxy) is 1. The van der Waals surface area contributed by atoms with Crippen LogP contribution in [0.2, 0.25) is 0 Å². The monoisotopic (exact) mass is 337 g/mol. The number of nitrogens with zero attached hydrogens (tertiary/aromatic N) is 3. The molecule has 0 atom stereocenters. The highest BCUT2D eigenvalue weighted by molar-refractivity contribution is 6.13. The quantitative estimate of drug-likeness (QED) is 0.775. The predicted octanol–water partition coefficient (Wildman–Crippen LogP) is 3.32. The third kappa shape index (κ3) is 2.59. The van der Waals surface area contributed by atoms with Gasteiger partial charge in [0, 0.05) is 18.9 Å². The van der Waals surface area contributed by atoms with Gasteiger partial charge in [-0.15, -0.1) is 0 Å². The molecule has 3 aromatic rings. The fourth-order valence-electron chi connectivity index (χ4n) is 3.08. The minimum atomic E-state index is -1.26. The molecule has 0 bridgehead atoms. The number of hydrogen-bond donors (Lipinski definition) is 1. The van der Waals surface area contributed by atoms with Crippen molar-refractivity contribution in [2.24, 2.45) is 7.05 Å². The molecule has 1 aliphatic rings. The van der Waals surface area contributed by atoms with Gasteiger partial charge >= 0.3 is 6.09 Å². The van der Waals surface area contributed by atoms with Crippen LogP contribution in [-0.4, -0.2) is 26.9 Å². The van der Waals surface area contributed by atoms with Crippen LogP contribution in [-0.2, 0) is 18.3 Å². The molecular weight excluding hydrogens is 322 g/mol. The summed E-state index contributed by atoms with van der Waals surface area (Å²) in [6.45, 7) is 0. The van der Waals surface area contributed by atoms with Gasteiger partial charge in [0.05, 0.1) is 17.4 Å². The molecule has 0 fully saturated rings. The first kappa shape index (κ1) is 15.2. The lowest BCUT2D eigenvalue weighted by Crippen LogP contribution is -2.39. The number of anilines is 1. The summed E-state index contributed by atoms with van der Waals surface area (Å²) >= 11 is 0. The Bertz CT molecular complexity index is 1010. The Morgan fingerprint density at radius 2 is 1.92 bits per heavy atom. The second kappa shape index (κ2) is 5.62. The van der Waals surface area contributed by atoms with Crippen LogP contribution in [0, 0.1) is 0 Å². The van der Waals surface area contributed by atoms with Crippen LogP contribution in [0.3, 0.4) is 0 Å². The molecule has 0 saturated carbocycles. The van der Waals surface area contributed by atoms with E-state index in [1.54, 1.807) is 29.1 Å². The number of benzene rings is 2. The van der Waals surface area contributed by atoms with Crippen LogP contribution in [0.15, 0.2) is 42.6 Å². The number of amides is 2. The molecule has 0 unspecified atom stereocenters. The molecule has 0 aliphatic carbocycles. The second-order valence-corrected chi connectivity index (χ2v) is 5.89. The summed E-state index contributed by atoms with van der Waals surface area (Å²) in [6.07, 6.45) is 1.17. The number of carboxylic acid groups (broad SMARTS) is 1. The lowest BCUT2D eigenvalue weighted by molar-refractivity contribution is -0.118. The Hall–Kier alpha value is -3.35. The van der Waals surface area contributed by atoms with E-state index in [2.05, 4.69) is 5.10 Å².